The highest BCUT2D eigenvalue weighted by molar-refractivity contribution is 9.10. The lowest BCUT2D eigenvalue weighted by Crippen LogP contribution is -2.03. The maximum atomic E-state index is 5.77. The number of benzene rings is 1. The molecule has 2 rings (SSSR count). The molecule has 15 heavy (non-hydrogen) atoms. The summed E-state index contributed by atoms with van der Waals surface area (Å²) in [5.74, 6) is 1.05. The van der Waals surface area contributed by atoms with Crippen LogP contribution < -0.4 is 5.73 Å². The highest BCUT2D eigenvalue weighted by Gasteiger charge is 2.06. The predicted molar refractivity (Wildman–Crippen MR) is 69.8 cm³/mol. The molecule has 0 amide bonds. The molecule has 82 valence electrons. The summed E-state index contributed by atoms with van der Waals surface area (Å²) in [6, 6.07) is 5.89. The molecule has 0 aliphatic rings. The molecule has 3 nitrogen and oxygen atoms in total. The van der Waals surface area contributed by atoms with Gasteiger partial charge in [0.25, 0.3) is 0 Å². The number of alkyl halides is 1. The van der Waals surface area contributed by atoms with Crippen LogP contribution in [-0.4, -0.2) is 15.4 Å². The summed E-state index contributed by atoms with van der Waals surface area (Å²) in [5.41, 5.74) is 7.68. The summed E-state index contributed by atoms with van der Waals surface area (Å²) in [4.78, 5) is 4.24. The Hall–Kier alpha value is -0.450. The van der Waals surface area contributed by atoms with E-state index in [2.05, 4.69) is 20.9 Å². The summed E-state index contributed by atoms with van der Waals surface area (Å²) < 4.78 is 2.91. The molecule has 0 aliphatic heterocycles. The van der Waals surface area contributed by atoms with Crippen molar-refractivity contribution in [1.29, 1.82) is 0 Å². The van der Waals surface area contributed by atoms with Crippen LogP contribution in [0.2, 0.25) is 0 Å². The number of anilines is 1. The van der Waals surface area contributed by atoms with Gasteiger partial charge in [-0.1, -0.05) is 15.9 Å². The summed E-state index contributed by atoms with van der Waals surface area (Å²) in [6.07, 6.45) is 0. The van der Waals surface area contributed by atoms with Gasteiger partial charge in [0.05, 0.1) is 11.0 Å². The third kappa shape index (κ3) is 2.38. The van der Waals surface area contributed by atoms with E-state index in [1.807, 2.05) is 22.8 Å². The predicted octanol–water partition coefficient (Wildman–Crippen LogP) is 3.04. The summed E-state index contributed by atoms with van der Waals surface area (Å²) in [7, 11) is 0. The fourth-order valence-electron chi connectivity index (χ4n) is 1.44. The second-order valence-electron chi connectivity index (χ2n) is 2.94. The first kappa shape index (κ1) is 12.6. The van der Waals surface area contributed by atoms with Gasteiger partial charge in [0, 0.05) is 16.9 Å². The number of nitrogen functional groups attached to an aromatic ring is 1. The van der Waals surface area contributed by atoms with Gasteiger partial charge < -0.3 is 10.3 Å². The first-order valence-corrected chi connectivity index (χ1v) is 5.52. The van der Waals surface area contributed by atoms with E-state index in [1.165, 1.54) is 0 Å². The Balaban J connectivity index is 0.00000112. The molecule has 0 unspecified atom stereocenters. The quantitative estimate of drug-likeness (QED) is 0.866. The molecule has 1 aromatic carbocycles. The van der Waals surface area contributed by atoms with E-state index < -0.39 is 0 Å². The van der Waals surface area contributed by atoms with Gasteiger partial charge in [-0.25, -0.2) is 4.98 Å². The SMILES string of the molecule is Cl.Nc1nc2cc(Br)ccc2n1CCCl. The van der Waals surface area contributed by atoms with Gasteiger partial charge in [-0.3, -0.25) is 0 Å². The number of fused-ring (bicyclic) bond motifs is 1. The van der Waals surface area contributed by atoms with Gasteiger partial charge in [0.2, 0.25) is 5.95 Å². The van der Waals surface area contributed by atoms with Crippen molar-refractivity contribution in [2.45, 2.75) is 6.54 Å². The lowest BCUT2D eigenvalue weighted by Gasteiger charge is -2.02. The topological polar surface area (TPSA) is 43.8 Å². The highest BCUT2D eigenvalue weighted by Crippen LogP contribution is 2.21. The fraction of sp³-hybridized carbons (Fsp3) is 0.222. The standard InChI is InChI=1S/C9H9BrClN3.ClH/c10-6-1-2-8-7(5-6)13-9(12)14(8)4-3-11;/h1-2,5H,3-4H2,(H2,12,13);1H. The molecule has 2 aromatic rings. The number of hydrogen-bond donors (Lipinski definition) is 1. The largest absolute Gasteiger partial charge is 0.369 e. The zero-order valence-electron chi connectivity index (χ0n) is 7.78. The zero-order valence-corrected chi connectivity index (χ0v) is 10.9. The zero-order chi connectivity index (χ0) is 10.1. The molecule has 0 atom stereocenters. The number of halogens is 3. The molecule has 1 aromatic heterocycles. The number of nitrogens with zero attached hydrogens (tertiary/aromatic N) is 2. The minimum atomic E-state index is 0. The van der Waals surface area contributed by atoms with E-state index in [0.29, 0.717) is 18.4 Å². The van der Waals surface area contributed by atoms with Crippen LogP contribution in [0.25, 0.3) is 11.0 Å². The van der Waals surface area contributed by atoms with Gasteiger partial charge >= 0.3 is 0 Å². The number of rotatable bonds is 2. The average molecular weight is 311 g/mol. The molecule has 0 aliphatic carbocycles. The maximum absolute atomic E-state index is 5.77. The first-order chi connectivity index (χ1) is 6.72. The van der Waals surface area contributed by atoms with Crippen molar-refractivity contribution in [3.63, 3.8) is 0 Å². The molecule has 0 radical (unpaired) electrons. The van der Waals surface area contributed by atoms with E-state index in [1.54, 1.807) is 0 Å². The third-order valence-electron chi connectivity index (χ3n) is 2.05. The molecular weight excluding hydrogens is 301 g/mol. The molecule has 1 heterocycles. The molecule has 0 bridgehead atoms. The number of hydrogen-bond acceptors (Lipinski definition) is 2. The van der Waals surface area contributed by atoms with Crippen molar-refractivity contribution in [2.24, 2.45) is 0 Å². The second kappa shape index (κ2) is 5.05. The Morgan fingerprint density at radius 1 is 1.47 bits per heavy atom. The summed E-state index contributed by atoms with van der Waals surface area (Å²) >= 11 is 9.07. The van der Waals surface area contributed by atoms with Crippen molar-refractivity contribution in [2.75, 3.05) is 11.6 Å². The molecule has 2 N–H and O–H groups in total. The first-order valence-electron chi connectivity index (χ1n) is 4.19. The fourth-order valence-corrected chi connectivity index (χ4v) is 1.96. The van der Waals surface area contributed by atoms with E-state index in [-0.39, 0.29) is 12.4 Å². The maximum Gasteiger partial charge on any atom is 0.201 e. The van der Waals surface area contributed by atoms with Crippen LogP contribution in [0.5, 0.6) is 0 Å². The Kier molecular flexibility index (Phi) is 4.25. The lowest BCUT2D eigenvalue weighted by molar-refractivity contribution is 0.806. The van der Waals surface area contributed by atoms with E-state index in [4.69, 9.17) is 17.3 Å². The lowest BCUT2D eigenvalue weighted by atomic mass is 10.3. The number of aromatic nitrogens is 2. The van der Waals surface area contributed by atoms with Crippen molar-refractivity contribution in [1.82, 2.24) is 9.55 Å². The van der Waals surface area contributed by atoms with Crippen LogP contribution in [0.3, 0.4) is 0 Å². The number of aryl methyl sites for hydroxylation is 1. The van der Waals surface area contributed by atoms with Crippen LogP contribution in [0.1, 0.15) is 0 Å². The monoisotopic (exact) mass is 309 g/mol. The van der Waals surface area contributed by atoms with Gasteiger partial charge in [-0.05, 0) is 18.2 Å². The summed E-state index contributed by atoms with van der Waals surface area (Å²) in [5, 5.41) is 0. The van der Waals surface area contributed by atoms with E-state index in [0.717, 1.165) is 15.5 Å². The Morgan fingerprint density at radius 2 is 2.20 bits per heavy atom. The second-order valence-corrected chi connectivity index (χ2v) is 4.24. The highest BCUT2D eigenvalue weighted by atomic mass is 79.9. The van der Waals surface area contributed by atoms with Crippen LogP contribution in [0.4, 0.5) is 5.95 Å². The minimum Gasteiger partial charge on any atom is -0.369 e. The van der Waals surface area contributed by atoms with Gasteiger partial charge in [0.15, 0.2) is 0 Å². The van der Waals surface area contributed by atoms with Gasteiger partial charge in [0.1, 0.15) is 0 Å². The third-order valence-corrected chi connectivity index (χ3v) is 2.71. The number of nitrogens with two attached hydrogens (primary N) is 1. The van der Waals surface area contributed by atoms with E-state index >= 15 is 0 Å². The van der Waals surface area contributed by atoms with E-state index in [9.17, 15) is 0 Å². The average Bonchev–Trinajstić information content (AvgIpc) is 2.43. The molecule has 0 saturated carbocycles. The molecule has 0 fully saturated rings. The number of imidazole rings is 1. The van der Waals surface area contributed by atoms with Crippen LogP contribution in [0, 0.1) is 0 Å². The molecule has 0 spiro atoms. The van der Waals surface area contributed by atoms with Gasteiger partial charge in [-0.2, -0.15) is 0 Å². The van der Waals surface area contributed by atoms with Crippen molar-refractivity contribution >= 4 is 56.9 Å². The summed E-state index contributed by atoms with van der Waals surface area (Å²) in [6.45, 7) is 0.686. The molecule has 6 heteroatoms. The minimum absolute atomic E-state index is 0. The Morgan fingerprint density at radius 3 is 2.87 bits per heavy atom. The smallest absolute Gasteiger partial charge is 0.201 e. The van der Waals surface area contributed by atoms with Gasteiger partial charge in [-0.15, -0.1) is 24.0 Å². The normalized spacial score (nSPS) is 10.3. The van der Waals surface area contributed by atoms with Crippen molar-refractivity contribution in [3.05, 3.63) is 22.7 Å². The van der Waals surface area contributed by atoms with Crippen LogP contribution in [0.15, 0.2) is 22.7 Å². The molecular formula is C9H10BrCl2N3. The van der Waals surface area contributed by atoms with Crippen LogP contribution in [-0.2, 0) is 6.54 Å². The van der Waals surface area contributed by atoms with Crippen molar-refractivity contribution in [3.8, 4) is 0 Å². The Labute approximate surface area is 107 Å². The molecule has 0 saturated heterocycles. The Bertz CT molecular complexity index is 470. The van der Waals surface area contributed by atoms with Crippen LogP contribution >= 0.6 is 39.9 Å². The van der Waals surface area contributed by atoms with Crippen molar-refractivity contribution < 1.29 is 0 Å².